The van der Waals surface area contributed by atoms with Crippen LogP contribution in [-0.2, 0) is 0 Å². The summed E-state index contributed by atoms with van der Waals surface area (Å²) < 4.78 is 5.13. The van der Waals surface area contributed by atoms with E-state index in [-0.39, 0.29) is 6.04 Å². The Bertz CT molecular complexity index is 351. The van der Waals surface area contributed by atoms with E-state index in [2.05, 4.69) is 17.3 Å². The van der Waals surface area contributed by atoms with Crippen molar-refractivity contribution in [3.8, 4) is 17.6 Å². The molecule has 0 saturated heterocycles. The zero-order chi connectivity index (χ0) is 11.1. The molecule has 0 aliphatic rings. The molecular weight excluding hydrogens is 208 g/mol. The molecule has 4 heteroatoms. The van der Waals surface area contributed by atoms with Gasteiger partial charge < -0.3 is 4.74 Å². The molecule has 0 aliphatic carbocycles. The van der Waals surface area contributed by atoms with Gasteiger partial charge in [0.25, 0.3) is 0 Å². The highest BCUT2D eigenvalue weighted by molar-refractivity contribution is 7.10. The molecule has 0 amide bonds. The summed E-state index contributed by atoms with van der Waals surface area (Å²) in [6.07, 6.45) is 1.77. The van der Waals surface area contributed by atoms with Crippen molar-refractivity contribution >= 4 is 11.3 Å². The first-order valence-corrected chi connectivity index (χ1v) is 5.68. The zero-order valence-corrected chi connectivity index (χ0v) is 9.86. The smallest absolute Gasteiger partial charge is 0.129 e. The van der Waals surface area contributed by atoms with E-state index in [1.165, 1.54) is 4.88 Å². The number of rotatable bonds is 5. The summed E-state index contributed by atoms with van der Waals surface area (Å²) in [5.41, 5.74) is 2.80. The van der Waals surface area contributed by atoms with Gasteiger partial charge in [0.1, 0.15) is 5.75 Å². The lowest BCUT2D eigenvalue weighted by atomic mass is 10.1. The Morgan fingerprint density at radius 2 is 2.47 bits per heavy atom. The fraction of sp³-hybridized carbons (Fsp3) is 0.455. The molecule has 0 saturated carbocycles. The van der Waals surface area contributed by atoms with Crippen molar-refractivity contribution in [2.45, 2.75) is 25.8 Å². The molecule has 0 aromatic carbocycles. The van der Waals surface area contributed by atoms with Gasteiger partial charge in [0, 0.05) is 16.7 Å². The van der Waals surface area contributed by atoms with E-state index in [9.17, 15) is 0 Å². The molecule has 3 nitrogen and oxygen atoms in total. The molecule has 0 radical (unpaired) electrons. The van der Waals surface area contributed by atoms with Crippen LogP contribution in [0, 0.1) is 11.8 Å². The molecule has 1 aromatic rings. The van der Waals surface area contributed by atoms with Crippen LogP contribution >= 0.6 is 11.3 Å². The van der Waals surface area contributed by atoms with E-state index in [0.29, 0.717) is 0 Å². The van der Waals surface area contributed by atoms with Crippen molar-refractivity contribution in [2.75, 3.05) is 7.11 Å². The SMILES string of the molecule is CC#CCCC(NN)c1cc(OC)cs1. The van der Waals surface area contributed by atoms with E-state index in [1.54, 1.807) is 18.4 Å². The first-order valence-electron chi connectivity index (χ1n) is 4.80. The van der Waals surface area contributed by atoms with Crippen LogP contribution in [-0.4, -0.2) is 7.11 Å². The van der Waals surface area contributed by atoms with Gasteiger partial charge in [-0.3, -0.25) is 11.3 Å². The lowest BCUT2D eigenvalue weighted by Gasteiger charge is -2.11. The van der Waals surface area contributed by atoms with E-state index in [1.807, 2.05) is 18.4 Å². The molecule has 1 rings (SSSR count). The summed E-state index contributed by atoms with van der Waals surface area (Å²) in [4.78, 5) is 1.19. The minimum atomic E-state index is 0.166. The molecule has 0 spiro atoms. The summed E-state index contributed by atoms with van der Waals surface area (Å²) >= 11 is 1.65. The Balaban J connectivity index is 2.59. The van der Waals surface area contributed by atoms with Gasteiger partial charge in [-0.05, 0) is 19.4 Å². The van der Waals surface area contributed by atoms with E-state index in [4.69, 9.17) is 10.6 Å². The topological polar surface area (TPSA) is 47.3 Å². The number of methoxy groups -OCH3 is 1. The third-order valence-electron chi connectivity index (χ3n) is 2.11. The number of hydrogen-bond acceptors (Lipinski definition) is 4. The first-order chi connectivity index (χ1) is 7.31. The highest BCUT2D eigenvalue weighted by Crippen LogP contribution is 2.28. The quantitative estimate of drug-likeness (QED) is 0.457. The maximum Gasteiger partial charge on any atom is 0.129 e. The molecule has 1 atom stereocenters. The predicted octanol–water partition coefficient (Wildman–Crippen LogP) is 2.06. The van der Waals surface area contributed by atoms with Gasteiger partial charge in [0.05, 0.1) is 13.2 Å². The monoisotopic (exact) mass is 224 g/mol. The van der Waals surface area contributed by atoms with Crippen LogP contribution < -0.4 is 16.0 Å². The van der Waals surface area contributed by atoms with Crippen molar-refractivity contribution in [1.29, 1.82) is 0 Å². The van der Waals surface area contributed by atoms with Gasteiger partial charge in [-0.2, -0.15) is 0 Å². The Kier molecular flexibility index (Phi) is 5.19. The van der Waals surface area contributed by atoms with Gasteiger partial charge >= 0.3 is 0 Å². The number of ether oxygens (including phenoxy) is 1. The summed E-state index contributed by atoms with van der Waals surface area (Å²) in [5, 5.41) is 1.98. The standard InChI is InChI=1S/C11H16N2OS/c1-3-4-5-6-10(13-12)11-7-9(14-2)8-15-11/h7-8,10,13H,5-6,12H2,1-2H3. The minimum Gasteiger partial charge on any atom is -0.496 e. The fourth-order valence-electron chi connectivity index (χ4n) is 1.27. The van der Waals surface area contributed by atoms with Gasteiger partial charge in [-0.15, -0.1) is 23.2 Å². The largest absolute Gasteiger partial charge is 0.496 e. The van der Waals surface area contributed by atoms with Crippen LogP contribution in [0.1, 0.15) is 30.7 Å². The van der Waals surface area contributed by atoms with E-state index in [0.717, 1.165) is 18.6 Å². The lowest BCUT2D eigenvalue weighted by Crippen LogP contribution is -2.27. The maximum atomic E-state index is 5.51. The van der Waals surface area contributed by atoms with E-state index >= 15 is 0 Å². The highest BCUT2D eigenvalue weighted by atomic mass is 32.1. The van der Waals surface area contributed by atoms with Crippen LogP contribution in [0.15, 0.2) is 11.4 Å². The molecule has 0 aliphatic heterocycles. The van der Waals surface area contributed by atoms with Crippen molar-refractivity contribution in [1.82, 2.24) is 5.43 Å². The molecule has 0 bridgehead atoms. The molecule has 3 N–H and O–H groups in total. The number of thiophene rings is 1. The molecule has 1 aromatic heterocycles. The van der Waals surface area contributed by atoms with Gasteiger partial charge in [0.15, 0.2) is 0 Å². The Labute approximate surface area is 94.6 Å². The van der Waals surface area contributed by atoms with Crippen molar-refractivity contribution in [3.05, 3.63) is 16.3 Å². The normalized spacial score (nSPS) is 11.7. The summed E-state index contributed by atoms with van der Waals surface area (Å²) in [5.74, 6) is 12.3. The average Bonchev–Trinajstić information content (AvgIpc) is 2.73. The van der Waals surface area contributed by atoms with Crippen LogP contribution in [0.4, 0.5) is 0 Å². The molecule has 1 heterocycles. The Morgan fingerprint density at radius 1 is 1.67 bits per heavy atom. The zero-order valence-electron chi connectivity index (χ0n) is 9.04. The second kappa shape index (κ2) is 6.46. The number of nitrogens with one attached hydrogen (secondary N) is 1. The lowest BCUT2D eigenvalue weighted by molar-refractivity contribution is 0.415. The molecule has 82 valence electrons. The third-order valence-corrected chi connectivity index (χ3v) is 3.14. The van der Waals surface area contributed by atoms with E-state index < -0.39 is 0 Å². The van der Waals surface area contributed by atoms with Crippen molar-refractivity contribution < 1.29 is 4.74 Å². The molecule has 15 heavy (non-hydrogen) atoms. The molecular formula is C11H16N2OS. The second-order valence-electron chi connectivity index (χ2n) is 3.07. The molecule has 0 fully saturated rings. The molecule has 1 unspecified atom stereocenters. The maximum absolute atomic E-state index is 5.51. The number of nitrogens with two attached hydrogens (primary N) is 1. The first kappa shape index (κ1) is 12.1. The Morgan fingerprint density at radius 3 is 3.00 bits per heavy atom. The number of hydrazine groups is 1. The summed E-state index contributed by atoms with van der Waals surface area (Å²) in [6, 6.07) is 2.17. The van der Waals surface area contributed by atoms with Crippen LogP contribution in [0.25, 0.3) is 0 Å². The highest BCUT2D eigenvalue weighted by Gasteiger charge is 2.11. The van der Waals surface area contributed by atoms with Crippen LogP contribution in [0.5, 0.6) is 5.75 Å². The summed E-state index contributed by atoms with van der Waals surface area (Å²) in [7, 11) is 1.67. The predicted molar refractivity (Wildman–Crippen MR) is 63.6 cm³/mol. The third kappa shape index (κ3) is 3.56. The minimum absolute atomic E-state index is 0.166. The fourth-order valence-corrected chi connectivity index (χ4v) is 2.22. The summed E-state index contributed by atoms with van der Waals surface area (Å²) in [6.45, 7) is 1.85. The van der Waals surface area contributed by atoms with Crippen LogP contribution in [0.2, 0.25) is 0 Å². The average molecular weight is 224 g/mol. The Hall–Kier alpha value is -1.02. The van der Waals surface area contributed by atoms with Gasteiger partial charge in [-0.25, -0.2) is 0 Å². The second-order valence-corrected chi connectivity index (χ2v) is 4.02. The van der Waals surface area contributed by atoms with Crippen LogP contribution in [0.3, 0.4) is 0 Å². The van der Waals surface area contributed by atoms with Gasteiger partial charge in [-0.1, -0.05) is 0 Å². The number of hydrogen-bond donors (Lipinski definition) is 2. The van der Waals surface area contributed by atoms with Crippen molar-refractivity contribution in [3.63, 3.8) is 0 Å². The van der Waals surface area contributed by atoms with Crippen molar-refractivity contribution in [2.24, 2.45) is 5.84 Å². The van der Waals surface area contributed by atoms with Gasteiger partial charge in [0.2, 0.25) is 0 Å².